The van der Waals surface area contributed by atoms with E-state index in [0.29, 0.717) is 39.6 Å². The van der Waals surface area contributed by atoms with Gasteiger partial charge in [-0.05, 0) is 73.0 Å². The second-order valence-corrected chi connectivity index (χ2v) is 8.77. The first-order chi connectivity index (χ1) is 16.4. The molecule has 0 bridgehead atoms. The van der Waals surface area contributed by atoms with E-state index < -0.39 is 6.04 Å². The molecule has 170 valence electrons. The van der Waals surface area contributed by atoms with Gasteiger partial charge in [-0.15, -0.1) is 0 Å². The van der Waals surface area contributed by atoms with Crippen LogP contribution >= 0.6 is 11.6 Å². The largest absolute Gasteiger partial charge is 0.490 e. The molecule has 4 aromatic rings. The number of carbonyl (C=O) groups is 1. The third kappa shape index (κ3) is 3.58. The Hall–Kier alpha value is -3.83. The van der Waals surface area contributed by atoms with Gasteiger partial charge in [0.2, 0.25) is 5.76 Å². The molecule has 1 unspecified atom stereocenters. The molecule has 1 atom stereocenters. The number of halogens is 1. The molecular weight excluding hydrogens is 450 g/mol. The second kappa shape index (κ2) is 8.50. The molecule has 0 saturated heterocycles. The zero-order valence-corrected chi connectivity index (χ0v) is 19.6. The Balaban J connectivity index is 1.74. The third-order valence-electron chi connectivity index (χ3n) is 6.14. The lowest BCUT2D eigenvalue weighted by molar-refractivity contribution is 0.0971. The van der Waals surface area contributed by atoms with Crippen molar-refractivity contribution in [2.45, 2.75) is 19.9 Å². The summed E-state index contributed by atoms with van der Waals surface area (Å²) in [6.45, 7) is 7.94. The molecule has 0 radical (unpaired) electrons. The van der Waals surface area contributed by atoms with Crippen LogP contribution in [-0.4, -0.2) is 12.5 Å². The maximum atomic E-state index is 13.8. The van der Waals surface area contributed by atoms with E-state index in [1.54, 1.807) is 35.2 Å². The molecule has 2 heterocycles. The van der Waals surface area contributed by atoms with Gasteiger partial charge in [-0.1, -0.05) is 42.5 Å². The molecule has 1 aliphatic rings. The van der Waals surface area contributed by atoms with Crippen molar-refractivity contribution in [2.24, 2.45) is 0 Å². The van der Waals surface area contributed by atoms with Crippen molar-refractivity contribution >= 4 is 34.2 Å². The molecule has 3 aromatic carbocycles. The van der Waals surface area contributed by atoms with Crippen LogP contribution in [0.3, 0.4) is 0 Å². The highest BCUT2D eigenvalue weighted by molar-refractivity contribution is 6.31. The Labute approximate surface area is 201 Å². The molecule has 0 fully saturated rings. The third-order valence-corrected chi connectivity index (χ3v) is 6.37. The van der Waals surface area contributed by atoms with Gasteiger partial charge in [0.15, 0.2) is 5.43 Å². The summed E-state index contributed by atoms with van der Waals surface area (Å²) in [6.07, 6.45) is 1.67. The van der Waals surface area contributed by atoms with Gasteiger partial charge >= 0.3 is 0 Å². The molecule has 6 heteroatoms. The number of hydrogen-bond donors (Lipinski definition) is 0. The standard InChI is InChI=1S/C28H22ClNO4/c1-4-12-33-21-10-8-18(9-11-21)25-24-26(31)22-13-16(2)17(3)14-23(22)34-27(24)28(32)30(25)20-7-5-6-19(29)15-20/h4-11,13-15,25H,1,12H2,2-3H3. The second-order valence-electron chi connectivity index (χ2n) is 8.33. The maximum Gasteiger partial charge on any atom is 0.295 e. The van der Waals surface area contributed by atoms with Gasteiger partial charge in [-0.2, -0.15) is 0 Å². The Morgan fingerprint density at radius 3 is 2.50 bits per heavy atom. The van der Waals surface area contributed by atoms with E-state index in [-0.39, 0.29) is 17.1 Å². The summed E-state index contributed by atoms with van der Waals surface area (Å²) in [6, 6.07) is 17.3. The topological polar surface area (TPSA) is 59.8 Å². The molecule has 0 saturated carbocycles. The number of fused-ring (bicyclic) bond motifs is 2. The first kappa shape index (κ1) is 22.0. The highest BCUT2D eigenvalue weighted by atomic mass is 35.5. The summed E-state index contributed by atoms with van der Waals surface area (Å²) in [5.74, 6) is 0.336. The molecule has 0 N–H and O–H groups in total. The predicted molar refractivity (Wildman–Crippen MR) is 134 cm³/mol. The Kier molecular flexibility index (Phi) is 5.50. The molecule has 0 aliphatic carbocycles. The van der Waals surface area contributed by atoms with Crippen LogP contribution < -0.4 is 15.1 Å². The molecule has 34 heavy (non-hydrogen) atoms. The summed E-state index contributed by atoms with van der Waals surface area (Å²) in [4.78, 5) is 29.0. The van der Waals surface area contributed by atoms with Gasteiger partial charge in [0.05, 0.1) is 17.0 Å². The van der Waals surface area contributed by atoms with Gasteiger partial charge in [0.25, 0.3) is 5.91 Å². The predicted octanol–water partition coefficient (Wildman–Crippen LogP) is 6.38. The van der Waals surface area contributed by atoms with Crippen molar-refractivity contribution in [1.82, 2.24) is 0 Å². The number of benzene rings is 3. The van der Waals surface area contributed by atoms with Crippen LogP contribution in [0.25, 0.3) is 11.0 Å². The smallest absolute Gasteiger partial charge is 0.295 e. The average Bonchev–Trinajstić information content (AvgIpc) is 3.12. The van der Waals surface area contributed by atoms with Gasteiger partial charge in [-0.25, -0.2) is 0 Å². The van der Waals surface area contributed by atoms with Crippen molar-refractivity contribution in [3.05, 3.63) is 117 Å². The van der Waals surface area contributed by atoms with E-state index in [1.807, 2.05) is 50.2 Å². The summed E-state index contributed by atoms with van der Waals surface area (Å²) in [5.41, 5.74) is 3.82. The minimum Gasteiger partial charge on any atom is -0.490 e. The van der Waals surface area contributed by atoms with Crippen molar-refractivity contribution in [3.8, 4) is 5.75 Å². The minimum absolute atomic E-state index is 0.0534. The van der Waals surface area contributed by atoms with Gasteiger partial charge in [0, 0.05) is 10.7 Å². The van der Waals surface area contributed by atoms with Crippen LogP contribution in [0.4, 0.5) is 5.69 Å². The van der Waals surface area contributed by atoms with Crippen LogP contribution in [-0.2, 0) is 0 Å². The monoisotopic (exact) mass is 471 g/mol. The SMILES string of the molecule is C=CCOc1ccc(C2c3c(oc4cc(C)c(C)cc4c3=O)C(=O)N2c2cccc(Cl)c2)cc1. The van der Waals surface area contributed by atoms with Gasteiger partial charge < -0.3 is 9.15 Å². The lowest BCUT2D eigenvalue weighted by Gasteiger charge is -2.25. The summed E-state index contributed by atoms with van der Waals surface area (Å²) >= 11 is 6.25. The lowest BCUT2D eigenvalue weighted by atomic mass is 9.97. The Morgan fingerprint density at radius 2 is 1.79 bits per heavy atom. The van der Waals surface area contributed by atoms with E-state index >= 15 is 0 Å². The maximum absolute atomic E-state index is 13.8. The van der Waals surface area contributed by atoms with Crippen molar-refractivity contribution < 1.29 is 13.9 Å². The fourth-order valence-corrected chi connectivity index (χ4v) is 4.52. The van der Waals surface area contributed by atoms with Crippen LogP contribution in [0, 0.1) is 13.8 Å². The highest BCUT2D eigenvalue weighted by Gasteiger charge is 2.43. The first-order valence-corrected chi connectivity index (χ1v) is 11.3. The number of hydrogen-bond acceptors (Lipinski definition) is 4. The number of carbonyl (C=O) groups excluding carboxylic acids is 1. The van der Waals surface area contributed by atoms with Crippen molar-refractivity contribution in [3.63, 3.8) is 0 Å². The van der Waals surface area contributed by atoms with Crippen LogP contribution in [0.1, 0.15) is 38.9 Å². The van der Waals surface area contributed by atoms with Gasteiger partial charge in [-0.3, -0.25) is 14.5 Å². The Bertz CT molecular complexity index is 1500. The number of anilines is 1. The lowest BCUT2D eigenvalue weighted by Crippen LogP contribution is -2.29. The molecule has 1 aromatic heterocycles. The quantitative estimate of drug-likeness (QED) is 0.317. The summed E-state index contributed by atoms with van der Waals surface area (Å²) < 4.78 is 11.7. The van der Waals surface area contributed by atoms with Crippen LogP contribution in [0.5, 0.6) is 5.75 Å². The molecular formula is C28H22ClNO4. The molecule has 0 spiro atoms. The molecule has 5 nitrogen and oxygen atoms in total. The number of nitrogens with zero attached hydrogens (tertiary/aromatic N) is 1. The Morgan fingerprint density at radius 1 is 1.06 bits per heavy atom. The molecule has 1 aliphatic heterocycles. The number of amides is 1. The number of ether oxygens (including phenoxy) is 1. The average molecular weight is 472 g/mol. The van der Waals surface area contributed by atoms with Gasteiger partial charge in [0.1, 0.15) is 17.9 Å². The molecule has 5 rings (SSSR count). The fraction of sp³-hybridized carbons (Fsp3) is 0.143. The summed E-state index contributed by atoms with van der Waals surface area (Å²) in [7, 11) is 0. The van der Waals surface area contributed by atoms with E-state index in [2.05, 4.69) is 6.58 Å². The number of aryl methyl sites for hydroxylation is 2. The number of rotatable bonds is 5. The van der Waals surface area contributed by atoms with Crippen LogP contribution in [0.15, 0.2) is 82.5 Å². The highest BCUT2D eigenvalue weighted by Crippen LogP contribution is 2.42. The first-order valence-electron chi connectivity index (χ1n) is 10.9. The van der Waals surface area contributed by atoms with E-state index in [9.17, 15) is 9.59 Å². The normalized spacial score (nSPS) is 15.0. The van der Waals surface area contributed by atoms with Crippen molar-refractivity contribution in [1.29, 1.82) is 0 Å². The zero-order valence-electron chi connectivity index (χ0n) is 18.8. The van der Waals surface area contributed by atoms with Crippen molar-refractivity contribution in [2.75, 3.05) is 11.5 Å². The molecule has 1 amide bonds. The fourth-order valence-electron chi connectivity index (χ4n) is 4.34. The van der Waals surface area contributed by atoms with Crippen LogP contribution in [0.2, 0.25) is 5.02 Å². The van der Waals surface area contributed by atoms with E-state index in [4.69, 9.17) is 20.8 Å². The van der Waals surface area contributed by atoms with E-state index in [1.165, 1.54) is 0 Å². The zero-order chi connectivity index (χ0) is 24.0. The minimum atomic E-state index is -0.670. The van der Waals surface area contributed by atoms with E-state index in [0.717, 1.165) is 16.7 Å². The summed E-state index contributed by atoms with van der Waals surface area (Å²) in [5, 5.41) is 0.947.